The third-order valence-corrected chi connectivity index (χ3v) is 5.67. The summed E-state index contributed by atoms with van der Waals surface area (Å²) in [6, 6.07) is 15.1. The fourth-order valence-corrected chi connectivity index (χ4v) is 3.98. The second-order valence-corrected chi connectivity index (χ2v) is 10.3. The van der Waals surface area contributed by atoms with E-state index in [0.717, 1.165) is 3.39 Å². The highest BCUT2D eigenvalue weighted by molar-refractivity contribution is 9.28. The van der Waals surface area contributed by atoms with E-state index in [1.807, 2.05) is 26.0 Å². The van der Waals surface area contributed by atoms with Crippen molar-refractivity contribution in [2.24, 2.45) is 17.3 Å². The van der Waals surface area contributed by atoms with Crippen LogP contribution in [0.5, 0.6) is 0 Å². The normalized spacial score (nSPS) is 20.1. The number of nitrogens with zero attached hydrogens (tertiary/aromatic N) is 1. The topological polar surface area (TPSA) is 62.1 Å². The number of carbonyl (C=O) groups is 1. The van der Waals surface area contributed by atoms with E-state index in [4.69, 9.17) is 4.74 Å². The zero-order valence-corrected chi connectivity index (χ0v) is 19.0. The van der Waals surface area contributed by atoms with Crippen LogP contribution in [-0.2, 0) is 9.53 Å². The fourth-order valence-electron chi connectivity index (χ4n) is 3.41. The number of rotatable bonds is 6. The Labute approximate surface area is 186 Å². The van der Waals surface area contributed by atoms with Crippen LogP contribution in [0.2, 0.25) is 0 Å². The third kappa shape index (κ3) is 5.06. The molecule has 0 amide bonds. The van der Waals surface area contributed by atoms with E-state index < -0.39 is 6.10 Å². The predicted octanol–water partition coefficient (Wildman–Crippen LogP) is 6.58. The summed E-state index contributed by atoms with van der Waals surface area (Å²) in [5.74, 6) is -0.969. The minimum atomic E-state index is -1.01. The van der Waals surface area contributed by atoms with Crippen molar-refractivity contribution in [2.45, 2.75) is 20.0 Å². The first kappa shape index (κ1) is 21.5. The second-order valence-electron chi connectivity index (χ2n) is 7.48. The van der Waals surface area contributed by atoms with Crippen LogP contribution in [0, 0.1) is 34.4 Å². The number of anilines is 2. The quantitative estimate of drug-likeness (QED) is 0.436. The molecule has 0 aromatic heterocycles. The summed E-state index contributed by atoms with van der Waals surface area (Å²) in [4.78, 5) is 12.7. The molecule has 1 N–H and O–H groups in total. The molecule has 0 saturated heterocycles. The SMILES string of the molecule is CC1(C)C(C=C(Br)Br)C1C(=O)OC(C#N)c1cccc(Nc2ccc(F)cc2)c1. The Hall–Kier alpha value is -2.17. The van der Waals surface area contributed by atoms with Gasteiger partial charge in [-0.25, -0.2) is 4.39 Å². The molecule has 150 valence electrons. The number of allylic oxidation sites excluding steroid dienone is 1. The van der Waals surface area contributed by atoms with Crippen molar-refractivity contribution in [3.05, 3.63) is 69.4 Å². The Kier molecular flexibility index (Phi) is 6.45. The maximum atomic E-state index is 13.1. The summed E-state index contributed by atoms with van der Waals surface area (Å²) in [6.45, 7) is 4.00. The molecule has 3 rings (SSSR count). The van der Waals surface area contributed by atoms with Gasteiger partial charge in [0.05, 0.1) is 9.31 Å². The van der Waals surface area contributed by atoms with Gasteiger partial charge in [0.25, 0.3) is 0 Å². The molecule has 0 spiro atoms. The smallest absolute Gasteiger partial charge is 0.311 e. The highest BCUT2D eigenvalue weighted by atomic mass is 79.9. The molecule has 0 radical (unpaired) electrons. The maximum absolute atomic E-state index is 13.1. The van der Waals surface area contributed by atoms with E-state index in [1.54, 1.807) is 30.3 Å². The summed E-state index contributed by atoms with van der Waals surface area (Å²) < 4.78 is 19.4. The van der Waals surface area contributed by atoms with Gasteiger partial charge in [-0.1, -0.05) is 32.1 Å². The molecular weight excluding hydrogens is 503 g/mol. The summed E-state index contributed by atoms with van der Waals surface area (Å²) in [5.41, 5.74) is 1.76. The van der Waals surface area contributed by atoms with Gasteiger partial charge >= 0.3 is 5.97 Å². The first-order chi connectivity index (χ1) is 13.7. The Morgan fingerprint density at radius 1 is 1.24 bits per heavy atom. The molecular formula is C22H19Br2FN2O2. The molecule has 2 aromatic rings. The zero-order chi connectivity index (χ0) is 21.2. The molecule has 1 aliphatic carbocycles. The number of hydrogen-bond acceptors (Lipinski definition) is 4. The molecule has 29 heavy (non-hydrogen) atoms. The lowest BCUT2D eigenvalue weighted by molar-refractivity contribution is -0.149. The Morgan fingerprint density at radius 2 is 1.93 bits per heavy atom. The lowest BCUT2D eigenvalue weighted by Crippen LogP contribution is -2.14. The number of ether oxygens (including phenoxy) is 1. The molecule has 1 saturated carbocycles. The van der Waals surface area contributed by atoms with E-state index in [9.17, 15) is 14.4 Å². The summed E-state index contributed by atoms with van der Waals surface area (Å²) >= 11 is 6.66. The number of hydrogen-bond donors (Lipinski definition) is 1. The summed E-state index contributed by atoms with van der Waals surface area (Å²) in [6.07, 6.45) is 0.923. The van der Waals surface area contributed by atoms with Crippen LogP contribution in [-0.4, -0.2) is 5.97 Å². The maximum Gasteiger partial charge on any atom is 0.311 e. The Bertz CT molecular complexity index is 979. The highest BCUT2D eigenvalue weighted by Gasteiger charge is 2.61. The average molecular weight is 522 g/mol. The van der Waals surface area contributed by atoms with E-state index in [2.05, 4.69) is 43.2 Å². The average Bonchev–Trinajstić information content (AvgIpc) is 3.21. The monoisotopic (exact) mass is 520 g/mol. The molecule has 0 aliphatic heterocycles. The van der Waals surface area contributed by atoms with Crippen LogP contribution in [0.3, 0.4) is 0 Å². The van der Waals surface area contributed by atoms with Crippen LogP contribution in [0.15, 0.2) is 58.0 Å². The first-order valence-electron chi connectivity index (χ1n) is 8.98. The van der Waals surface area contributed by atoms with Crippen molar-refractivity contribution in [1.29, 1.82) is 5.26 Å². The van der Waals surface area contributed by atoms with Crippen LogP contribution in [0.4, 0.5) is 15.8 Å². The fraction of sp³-hybridized carbons (Fsp3) is 0.273. The second kappa shape index (κ2) is 8.68. The molecule has 0 heterocycles. The number of nitriles is 1. The molecule has 3 atom stereocenters. The minimum Gasteiger partial charge on any atom is -0.442 e. The van der Waals surface area contributed by atoms with Gasteiger partial charge in [-0.2, -0.15) is 5.26 Å². The molecule has 3 unspecified atom stereocenters. The lowest BCUT2D eigenvalue weighted by Gasteiger charge is -2.14. The molecule has 7 heteroatoms. The number of carbonyl (C=O) groups excluding carboxylic acids is 1. The molecule has 2 aromatic carbocycles. The molecule has 4 nitrogen and oxygen atoms in total. The van der Waals surface area contributed by atoms with Crippen LogP contribution >= 0.6 is 31.9 Å². The van der Waals surface area contributed by atoms with Gasteiger partial charge in [-0.15, -0.1) is 0 Å². The van der Waals surface area contributed by atoms with Gasteiger partial charge in [0, 0.05) is 16.9 Å². The highest BCUT2D eigenvalue weighted by Crippen LogP contribution is 2.60. The van der Waals surface area contributed by atoms with Gasteiger partial charge in [0.15, 0.2) is 0 Å². The van der Waals surface area contributed by atoms with E-state index >= 15 is 0 Å². The Morgan fingerprint density at radius 3 is 2.55 bits per heavy atom. The Balaban J connectivity index is 1.72. The third-order valence-electron chi connectivity index (χ3n) is 5.14. The molecule has 1 aliphatic rings. The van der Waals surface area contributed by atoms with E-state index in [0.29, 0.717) is 16.9 Å². The summed E-state index contributed by atoms with van der Waals surface area (Å²) in [7, 11) is 0. The first-order valence-corrected chi connectivity index (χ1v) is 10.6. The van der Waals surface area contributed by atoms with Gasteiger partial charge in [-0.3, -0.25) is 4.79 Å². The van der Waals surface area contributed by atoms with Crippen molar-refractivity contribution < 1.29 is 13.9 Å². The van der Waals surface area contributed by atoms with Crippen molar-refractivity contribution >= 4 is 49.2 Å². The van der Waals surface area contributed by atoms with Crippen LogP contribution < -0.4 is 5.32 Å². The summed E-state index contributed by atoms with van der Waals surface area (Å²) in [5, 5.41) is 12.7. The number of nitrogens with one attached hydrogen (secondary N) is 1. The van der Waals surface area contributed by atoms with Gasteiger partial charge in [-0.05, 0) is 79.6 Å². The van der Waals surface area contributed by atoms with Crippen molar-refractivity contribution in [3.8, 4) is 6.07 Å². The number of benzene rings is 2. The van der Waals surface area contributed by atoms with Gasteiger partial charge in [0.1, 0.15) is 11.9 Å². The van der Waals surface area contributed by atoms with Gasteiger partial charge in [0.2, 0.25) is 6.10 Å². The van der Waals surface area contributed by atoms with Gasteiger partial charge < -0.3 is 10.1 Å². The van der Waals surface area contributed by atoms with Crippen LogP contribution in [0.1, 0.15) is 25.5 Å². The molecule has 0 bridgehead atoms. The predicted molar refractivity (Wildman–Crippen MR) is 117 cm³/mol. The number of esters is 1. The lowest BCUT2D eigenvalue weighted by atomic mass is 10.1. The van der Waals surface area contributed by atoms with Crippen molar-refractivity contribution in [1.82, 2.24) is 0 Å². The van der Waals surface area contributed by atoms with E-state index in [-0.39, 0.29) is 29.0 Å². The number of halogens is 3. The van der Waals surface area contributed by atoms with Crippen molar-refractivity contribution in [3.63, 3.8) is 0 Å². The van der Waals surface area contributed by atoms with Crippen molar-refractivity contribution in [2.75, 3.05) is 5.32 Å². The minimum absolute atomic E-state index is 0.0366. The standard InChI is InChI=1S/C22H19Br2FN2O2/c1-22(2)17(11-19(23)24)20(22)21(28)29-18(12-26)13-4-3-5-16(10-13)27-15-8-6-14(25)7-9-15/h3-11,17-18,20,27H,1-2H3. The zero-order valence-electron chi connectivity index (χ0n) is 15.8. The molecule has 1 fully saturated rings. The van der Waals surface area contributed by atoms with E-state index in [1.165, 1.54) is 12.1 Å². The van der Waals surface area contributed by atoms with Crippen LogP contribution in [0.25, 0.3) is 0 Å². The largest absolute Gasteiger partial charge is 0.442 e.